The van der Waals surface area contributed by atoms with Gasteiger partial charge in [-0.3, -0.25) is 9.59 Å². The summed E-state index contributed by atoms with van der Waals surface area (Å²) in [6.45, 7) is 2.45. The third-order valence-electron chi connectivity index (χ3n) is 3.43. The van der Waals surface area contributed by atoms with Crippen LogP contribution in [0.4, 0.5) is 11.4 Å². The molecule has 0 aliphatic rings. The highest BCUT2D eigenvalue weighted by molar-refractivity contribution is 6.39. The minimum atomic E-state index is -0.309. The summed E-state index contributed by atoms with van der Waals surface area (Å²) in [5.41, 5.74) is 6.87. The summed E-state index contributed by atoms with van der Waals surface area (Å²) in [4.78, 5) is 24.1. The summed E-state index contributed by atoms with van der Waals surface area (Å²) in [5, 5.41) is 3.16. The Morgan fingerprint density at radius 2 is 1.68 bits per heavy atom. The van der Waals surface area contributed by atoms with Crippen molar-refractivity contribution in [3.63, 3.8) is 0 Å². The number of nitrogens with two attached hydrogens (primary N) is 1. The first-order valence-corrected chi connectivity index (χ1v) is 8.46. The van der Waals surface area contributed by atoms with Crippen LogP contribution in [0.2, 0.25) is 10.0 Å². The second kappa shape index (κ2) is 8.74. The van der Waals surface area contributed by atoms with Gasteiger partial charge in [-0.2, -0.15) is 0 Å². The fourth-order valence-electron chi connectivity index (χ4n) is 2.16. The summed E-state index contributed by atoms with van der Waals surface area (Å²) >= 11 is 11.8. The van der Waals surface area contributed by atoms with Crippen molar-refractivity contribution in [2.45, 2.75) is 19.8 Å². The zero-order valence-corrected chi connectivity index (χ0v) is 15.2. The van der Waals surface area contributed by atoms with Crippen LogP contribution in [0.15, 0.2) is 36.4 Å². The molecule has 0 atom stereocenters. The lowest BCUT2D eigenvalue weighted by molar-refractivity contribution is -0.116. The Hall–Kier alpha value is -2.24. The van der Waals surface area contributed by atoms with Crippen molar-refractivity contribution in [3.05, 3.63) is 52.0 Å². The van der Waals surface area contributed by atoms with Crippen molar-refractivity contribution >= 4 is 46.3 Å². The van der Waals surface area contributed by atoms with Crippen LogP contribution in [0.25, 0.3) is 0 Å². The van der Waals surface area contributed by atoms with E-state index >= 15 is 0 Å². The third kappa shape index (κ3) is 5.37. The van der Waals surface area contributed by atoms with E-state index in [0.717, 1.165) is 0 Å². The molecular formula is C18H18Cl2N2O3. The lowest BCUT2D eigenvalue weighted by Gasteiger charge is -2.08. The topological polar surface area (TPSA) is 81.4 Å². The maximum absolute atomic E-state index is 12.1. The quantitative estimate of drug-likeness (QED) is 0.544. The predicted molar refractivity (Wildman–Crippen MR) is 101 cm³/mol. The highest BCUT2D eigenvalue weighted by Gasteiger charge is 2.11. The van der Waals surface area contributed by atoms with E-state index in [-0.39, 0.29) is 40.3 Å². The summed E-state index contributed by atoms with van der Waals surface area (Å²) < 4.78 is 5.33. The molecule has 0 aromatic heterocycles. The molecule has 0 aliphatic heterocycles. The Kier molecular flexibility index (Phi) is 6.67. The highest BCUT2D eigenvalue weighted by Crippen LogP contribution is 2.31. The summed E-state index contributed by atoms with van der Waals surface area (Å²) in [7, 11) is 0. The smallest absolute Gasteiger partial charge is 0.224 e. The van der Waals surface area contributed by atoms with Gasteiger partial charge in [0.2, 0.25) is 5.91 Å². The molecule has 0 unspecified atom stereocenters. The number of Topliss-reactive ketones (excluding diaryl/α,β-unsaturated/α-hetero) is 1. The number of carbonyl (C=O) groups is 2. The van der Waals surface area contributed by atoms with E-state index in [1.165, 1.54) is 12.1 Å². The molecule has 0 radical (unpaired) electrons. The number of nitrogens with one attached hydrogen (secondary N) is 1. The average molecular weight is 381 g/mol. The van der Waals surface area contributed by atoms with Gasteiger partial charge in [-0.15, -0.1) is 0 Å². The first-order valence-electron chi connectivity index (χ1n) is 7.71. The maximum Gasteiger partial charge on any atom is 0.224 e. The van der Waals surface area contributed by atoms with Crippen LogP contribution in [-0.2, 0) is 4.79 Å². The number of halogens is 2. The molecule has 0 aliphatic carbocycles. The van der Waals surface area contributed by atoms with E-state index < -0.39 is 0 Å². The number of rotatable bonds is 7. The molecule has 132 valence electrons. The van der Waals surface area contributed by atoms with E-state index in [1.807, 2.05) is 6.92 Å². The highest BCUT2D eigenvalue weighted by atomic mass is 35.5. The van der Waals surface area contributed by atoms with Gasteiger partial charge in [0.05, 0.1) is 22.3 Å². The van der Waals surface area contributed by atoms with E-state index in [9.17, 15) is 9.59 Å². The van der Waals surface area contributed by atoms with Crippen molar-refractivity contribution < 1.29 is 14.3 Å². The van der Waals surface area contributed by atoms with Crippen LogP contribution in [0, 0.1) is 0 Å². The molecule has 0 saturated carbocycles. The number of benzene rings is 2. The van der Waals surface area contributed by atoms with E-state index in [0.29, 0.717) is 23.6 Å². The molecule has 1 amide bonds. The molecule has 7 heteroatoms. The molecule has 2 rings (SSSR count). The van der Waals surface area contributed by atoms with Crippen LogP contribution < -0.4 is 15.8 Å². The lowest BCUT2D eigenvalue weighted by Crippen LogP contribution is -2.13. The number of nitrogen functional groups attached to an aromatic ring is 1. The first-order chi connectivity index (χ1) is 11.9. The standard InChI is InChI=1S/C18H18Cl2N2O3/c1-2-25-13-5-3-11(4-6-13)16(23)7-8-17(24)22-12-9-14(19)18(21)15(20)10-12/h3-6,9-10H,2,7-8,21H2,1H3,(H,22,24). The Morgan fingerprint density at radius 1 is 1.08 bits per heavy atom. The van der Waals surface area contributed by atoms with Crippen LogP contribution in [0.1, 0.15) is 30.1 Å². The maximum atomic E-state index is 12.1. The average Bonchev–Trinajstić information content (AvgIpc) is 2.58. The van der Waals surface area contributed by atoms with E-state index in [4.69, 9.17) is 33.7 Å². The molecule has 0 spiro atoms. The second-order valence-electron chi connectivity index (χ2n) is 5.28. The minimum Gasteiger partial charge on any atom is -0.494 e. The molecule has 0 saturated heterocycles. The Balaban J connectivity index is 1.90. The molecule has 2 aromatic carbocycles. The number of amides is 1. The van der Waals surface area contributed by atoms with Gasteiger partial charge in [-0.1, -0.05) is 23.2 Å². The molecule has 2 aromatic rings. The normalized spacial score (nSPS) is 10.4. The predicted octanol–water partition coefficient (Wildman–Crippen LogP) is 4.58. The molecule has 25 heavy (non-hydrogen) atoms. The Labute approximate surface area is 156 Å². The van der Waals surface area contributed by atoms with Gasteiger partial charge in [0, 0.05) is 24.1 Å². The van der Waals surface area contributed by atoms with Crippen molar-refractivity contribution in [1.29, 1.82) is 0 Å². The molecule has 0 fully saturated rings. The number of anilines is 2. The van der Waals surface area contributed by atoms with Gasteiger partial charge in [0.1, 0.15) is 5.75 Å². The molecular weight excluding hydrogens is 363 g/mol. The van der Waals surface area contributed by atoms with Gasteiger partial charge >= 0.3 is 0 Å². The Morgan fingerprint density at radius 3 is 2.24 bits per heavy atom. The second-order valence-corrected chi connectivity index (χ2v) is 6.10. The number of carbonyl (C=O) groups excluding carboxylic acids is 2. The number of hydrogen-bond donors (Lipinski definition) is 2. The van der Waals surface area contributed by atoms with Crippen LogP contribution in [0.3, 0.4) is 0 Å². The van der Waals surface area contributed by atoms with Gasteiger partial charge in [0.25, 0.3) is 0 Å². The number of ketones is 1. The fraction of sp³-hybridized carbons (Fsp3) is 0.222. The van der Waals surface area contributed by atoms with Crippen LogP contribution in [-0.4, -0.2) is 18.3 Å². The summed E-state index contributed by atoms with van der Waals surface area (Å²) in [5.74, 6) is 0.275. The summed E-state index contributed by atoms with van der Waals surface area (Å²) in [6, 6.07) is 9.85. The Bertz CT molecular complexity index is 753. The lowest BCUT2D eigenvalue weighted by atomic mass is 10.1. The largest absolute Gasteiger partial charge is 0.494 e. The first kappa shape index (κ1) is 19.1. The zero-order valence-electron chi connectivity index (χ0n) is 13.6. The van der Waals surface area contributed by atoms with Gasteiger partial charge in [-0.25, -0.2) is 0 Å². The van der Waals surface area contributed by atoms with Crippen molar-refractivity contribution in [3.8, 4) is 5.75 Å². The molecule has 0 heterocycles. The van der Waals surface area contributed by atoms with Gasteiger partial charge < -0.3 is 15.8 Å². The fourth-order valence-corrected chi connectivity index (χ4v) is 2.64. The van der Waals surface area contributed by atoms with E-state index in [2.05, 4.69) is 5.32 Å². The van der Waals surface area contributed by atoms with Crippen LogP contribution in [0.5, 0.6) is 5.75 Å². The van der Waals surface area contributed by atoms with Crippen molar-refractivity contribution in [2.75, 3.05) is 17.7 Å². The van der Waals surface area contributed by atoms with Gasteiger partial charge in [-0.05, 0) is 43.3 Å². The van der Waals surface area contributed by atoms with Gasteiger partial charge in [0.15, 0.2) is 5.78 Å². The molecule has 5 nitrogen and oxygen atoms in total. The number of ether oxygens (including phenoxy) is 1. The third-order valence-corrected chi connectivity index (χ3v) is 4.05. The zero-order chi connectivity index (χ0) is 18.4. The molecule has 0 bridgehead atoms. The SMILES string of the molecule is CCOc1ccc(C(=O)CCC(=O)Nc2cc(Cl)c(N)c(Cl)c2)cc1. The monoisotopic (exact) mass is 380 g/mol. The van der Waals surface area contributed by atoms with Crippen LogP contribution >= 0.6 is 23.2 Å². The minimum absolute atomic E-state index is 0.0473. The number of hydrogen-bond acceptors (Lipinski definition) is 4. The molecule has 3 N–H and O–H groups in total. The van der Waals surface area contributed by atoms with Crippen molar-refractivity contribution in [1.82, 2.24) is 0 Å². The van der Waals surface area contributed by atoms with Crippen molar-refractivity contribution in [2.24, 2.45) is 0 Å². The summed E-state index contributed by atoms with van der Waals surface area (Å²) in [6.07, 6.45) is 0.141. The van der Waals surface area contributed by atoms with E-state index in [1.54, 1.807) is 24.3 Å².